The molecule has 0 aromatic heterocycles. The Morgan fingerprint density at radius 3 is 2.27 bits per heavy atom. The van der Waals surface area contributed by atoms with Gasteiger partial charge in [0.1, 0.15) is 11.5 Å². The van der Waals surface area contributed by atoms with Crippen LogP contribution in [0.1, 0.15) is 51.2 Å². The van der Waals surface area contributed by atoms with Gasteiger partial charge in [0.25, 0.3) is 5.91 Å². The molecule has 0 saturated carbocycles. The van der Waals surface area contributed by atoms with Gasteiger partial charge in [0, 0.05) is 22.5 Å². The van der Waals surface area contributed by atoms with Gasteiger partial charge in [0.05, 0.1) is 12.1 Å². The minimum Gasteiger partial charge on any atom is -0.307 e. The molecule has 0 radical (unpaired) electrons. The van der Waals surface area contributed by atoms with Crippen LogP contribution in [0.3, 0.4) is 0 Å². The summed E-state index contributed by atoms with van der Waals surface area (Å²) < 4.78 is 0. The molecule has 2 saturated heterocycles. The van der Waals surface area contributed by atoms with E-state index in [1.165, 1.54) is 4.90 Å². The lowest BCUT2D eigenvalue weighted by Crippen LogP contribution is -2.49. The zero-order chi connectivity index (χ0) is 24.1. The molecule has 0 bridgehead atoms. The van der Waals surface area contributed by atoms with Crippen molar-refractivity contribution in [3.63, 3.8) is 0 Å². The lowest BCUT2D eigenvalue weighted by Gasteiger charge is -2.39. The SMILES string of the molecule is CCN1C(=O)C2C(c3cccc(Cl)c3)C(C#N)(c3ccc(Cl)cc3)C(CC(C)(C)C)N2C1=O. The normalized spacial score (nSPS) is 27.1. The molecular formula is C26H27Cl2N3O2. The van der Waals surface area contributed by atoms with Gasteiger partial charge in [0.2, 0.25) is 0 Å². The van der Waals surface area contributed by atoms with Crippen LogP contribution in [0.4, 0.5) is 4.79 Å². The second kappa shape index (κ2) is 8.34. The first-order chi connectivity index (χ1) is 15.5. The maximum absolute atomic E-state index is 13.6. The maximum Gasteiger partial charge on any atom is 0.327 e. The van der Waals surface area contributed by atoms with E-state index in [0.29, 0.717) is 16.5 Å². The molecule has 5 nitrogen and oxygen atoms in total. The number of hydrogen-bond acceptors (Lipinski definition) is 3. The summed E-state index contributed by atoms with van der Waals surface area (Å²) in [7, 11) is 0. The van der Waals surface area contributed by atoms with E-state index >= 15 is 0 Å². The van der Waals surface area contributed by atoms with Crippen molar-refractivity contribution in [2.75, 3.05) is 6.54 Å². The van der Waals surface area contributed by atoms with Gasteiger partial charge >= 0.3 is 6.03 Å². The first-order valence-corrected chi connectivity index (χ1v) is 11.9. The van der Waals surface area contributed by atoms with Gasteiger partial charge in [-0.05, 0) is 54.2 Å². The van der Waals surface area contributed by atoms with Crippen molar-refractivity contribution in [2.45, 2.75) is 57.5 Å². The van der Waals surface area contributed by atoms with E-state index in [1.54, 1.807) is 36.1 Å². The first kappa shape index (κ1) is 23.6. The van der Waals surface area contributed by atoms with E-state index in [2.05, 4.69) is 26.8 Å². The van der Waals surface area contributed by atoms with Crippen LogP contribution in [0.25, 0.3) is 0 Å². The predicted octanol–water partition coefficient (Wildman–Crippen LogP) is 6.01. The minimum absolute atomic E-state index is 0.198. The number of rotatable bonds is 4. The molecule has 172 valence electrons. The minimum atomic E-state index is -1.15. The third-order valence-corrected chi connectivity index (χ3v) is 7.26. The third kappa shape index (κ3) is 3.70. The predicted molar refractivity (Wildman–Crippen MR) is 129 cm³/mol. The third-order valence-electron chi connectivity index (χ3n) is 6.77. The molecule has 7 heteroatoms. The molecule has 0 aliphatic carbocycles. The van der Waals surface area contributed by atoms with Crippen molar-refractivity contribution in [1.82, 2.24) is 9.80 Å². The van der Waals surface area contributed by atoms with Crippen molar-refractivity contribution in [1.29, 1.82) is 5.26 Å². The summed E-state index contributed by atoms with van der Waals surface area (Å²) in [6.45, 7) is 8.33. The summed E-state index contributed by atoms with van der Waals surface area (Å²) in [6.07, 6.45) is 0.549. The fraction of sp³-hybridized carbons (Fsp3) is 0.423. The molecule has 2 aromatic carbocycles. The van der Waals surface area contributed by atoms with Gasteiger partial charge in [-0.2, -0.15) is 5.26 Å². The van der Waals surface area contributed by atoms with Gasteiger partial charge in [-0.25, -0.2) is 4.79 Å². The quantitative estimate of drug-likeness (QED) is 0.500. The largest absolute Gasteiger partial charge is 0.327 e. The van der Waals surface area contributed by atoms with Gasteiger partial charge in [-0.3, -0.25) is 9.69 Å². The van der Waals surface area contributed by atoms with Crippen LogP contribution < -0.4 is 0 Å². The van der Waals surface area contributed by atoms with Crippen molar-refractivity contribution in [2.24, 2.45) is 5.41 Å². The van der Waals surface area contributed by atoms with Crippen LogP contribution >= 0.6 is 23.2 Å². The number of likely N-dealkylation sites (N-methyl/N-ethyl adjacent to an activating group) is 1. The van der Waals surface area contributed by atoms with Gasteiger partial charge < -0.3 is 4.90 Å². The molecule has 0 N–H and O–H groups in total. The molecule has 2 aromatic rings. The zero-order valence-electron chi connectivity index (χ0n) is 19.2. The number of carbonyl (C=O) groups is 2. The van der Waals surface area contributed by atoms with E-state index in [9.17, 15) is 14.9 Å². The maximum atomic E-state index is 13.6. The van der Waals surface area contributed by atoms with E-state index < -0.39 is 23.4 Å². The summed E-state index contributed by atoms with van der Waals surface area (Å²) in [5, 5.41) is 12.0. The van der Waals surface area contributed by atoms with Crippen LogP contribution in [-0.4, -0.2) is 40.4 Å². The summed E-state index contributed by atoms with van der Waals surface area (Å²) >= 11 is 12.5. The number of nitriles is 1. The Balaban J connectivity index is 2.05. The molecule has 4 unspecified atom stereocenters. The zero-order valence-corrected chi connectivity index (χ0v) is 20.7. The molecule has 2 heterocycles. The van der Waals surface area contributed by atoms with Gasteiger partial charge in [-0.15, -0.1) is 0 Å². The Hall–Kier alpha value is -2.55. The number of benzene rings is 2. The van der Waals surface area contributed by atoms with E-state index in [-0.39, 0.29) is 23.9 Å². The fourth-order valence-corrected chi connectivity index (χ4v) is 5.84. The Morgan fingerprint density at radius 1 is 1.06 bits per heavy atom. The molecule has 3 amide bonds. The van der Waals surface area contributed by atoms with Crippen LogP contribution in [-0.2, 0) is 10.2 Å². The average Bonchev–Trinajstić information content (AvgIpc) is 3.17. The number of carbonyl (C=O) groups excluding carboxylic acids is 2. The lowest BCUT2D eigenvalue weighted by atomic mass is 9.62. The highest BCUT2D eigenvalue weighted by Gasteiger charge is 2.68. The standard InChI is InChI=1S/C26H27Cl2N3O2/c1-5-30-23(32)22-21(16-7-6-8-19(28)13-16)26(15-29,17-9-11-18(27)12-10-17)20(14-25(2,3)4)31(22)24(30)33/h6-13,20-22H,5,14H2,1-4H3. The van der Waals surface area contributed by atoms with Crippen LogP contribution in [0.5, 0.6) is 0 Å². The van der Waals surface area contributed by atoms with E-state index in [4.69, 9.17) is 23.2 Å². The van der Waals surface area contributed by atoms with Crippen LogP contribution in [0.2, 0.25) is 10.0 Å². The van der Waals surface area contributed by atoms with Crippen molar-refractivity contribution in [3.8, 4) is 6.07 Å². The number of urea groups is 1. The number of imide groups is 1. The van der Waals surface area contributed by atoms with Gasteiger partial charge in [-0.1, -0.05) is 68.2 Å². The number of halogens is 2. The highest BCUT2D eigenvalue weighted by atomic mass is 35.5. The molecule has 2 aliphatic rings. The number of nitrogens with zero attached hydrogens (tertiary/aromatic N) is 3. The fourth-order valence-electron chi connectivity index (χ4n) is 5.52. The highest BCUT2D eigenvalue weighted by Crippen LogP contribution is 2.57. The molecular weight excluding hydrogens is 457 g/mol. The van der Waals surface area contributed by atoms with Crippen LogP contribution in [0.15, 0.2) is 48.5 Å². The molecule has 0 spiro atoms. The van der Waals surface area contributed by atoms with Crippen molar-refractivity contribution < 1.29 is 9.59 Å². The smallest absolute Gasteiger partial charge is 0.307 e. The number of amides is 3. The summed E-state index contributed by atoms with van der Waals surface area (Å²) in [5.41, 5.74) is 0.157. The monoisotopic (exact) mass is 483 g/mol. The molecule has 2 fully saturated rings. The average molecular weight is 484 g/mol. The van der Waals surface area contributed by atoms with Crippen molar-refractivity contribution >= 4 is 35.1 Å². The molecule has 4 atom stereocenters. The Labute approximate surface area is 204 Å². The first-order valence-electron chi connectivity index (χ1n) is 11.1. The van der Waals surface area contributed by atoms with Crippen molar-refractivity contribution in [3.05, 3.63) is 69.7 Å². The Bertz CT molecular complexity index is 1140. The summed E-state index contributed by atoms with van der Waals surface area (Å²) in [6, 6.07) is 15.5. The summed E-state index contributed by atoms with van der Waals surface area (Å²) in [5.74, 6) is -0.847. The number of fused-ring (bicyclic) bond motifs is 1. The van der Waals surface area contributed by atoms with E-state index in [0.717, 1.165) is 11.1 Å². The topological polar surface area (TPSA) is 64.4 Å². The van der Waals surface area contributed by atoms with Crippen LogP contribution in [0, 0.1) is 16.7 Å². The van der Waals surface area contributed by atoms with Gasteiger partial charge in [0.15, 0.2) is 0 Å². The summed E-state index contributed by atoms with van der Waals surface area (Å²) in [4.78, 5) is 30.1. The lowest BCUT2D eigenvalue weighted by molar-refractivity contribution is -0.128. The van der Waals surface area contributed by atoms with E-state index in [1.807, 2.05) is 24.3 Å². The highest BCUT2D eigenvalue weighted by molar-refractivity contribution is 6.30. The second-order valence-corrected chi connectivity index (χ2v) is 10.9. The molecule has 4 rings (SSSR count). The Kier molecular flexibility index (Phi) is 5.97. The Morgan fingerprint density at radius 2 is 1.73 bits per heavy atom. The molecule has 2 aliphatic heterocycles. The number of hydrogen-bond donors (Lipinski definition) is 0. The molecule has 33 heavy (non-hydrogen) atoms. The second-order valence-electron chi connectivity index (χ2n) is 10.0.